The summed E-state index contributed by atoms with van der Waals surface area (Å²) < 4.78 is 2.30. The molecule has 2 atom stereocenters. The Labute approximate surface area is 154 Å². The van der Waals surface area contributed by atoms with E-state index in [1.807, 2.05) is 0 Å². The van der Waals surface area contributed by atoms with Crippen LogP contribution in [0.2, 0.25) is 0 Å². The van der Waals surface area contributed by atoms with Gasteiger partial charge in [-0.15, -0.1) is 0 Å². The molecular formula is C24H22N2. The van der Waals surface area contributed by atoms with Gasteiger partial charge in [-0.25, -0.2) is 4.98 Å². The molecule has 1 aromatic heterocycles. The van der Waals surface area contributed by atoms with Gasteiger partial charge in [0.2, 0.25) is 0 Å². The van der Waals surface area contributed by atoms with Crippen molar-refractivity contribution in [2.24, 2.45) is 5.92 Å². The molecule has 0 saturated heterocycles. The summed E-state index contributed by atoms with van der Waals surface area (Å²) in [5.41, 5.74) is 6.27. The molecule has 0 N–H and O–H groups in total. The predicted molar refractivity (Wildman–Crippen MR) is 108 cm³/mol. The highest BCUT2D eigenvalue weighted by Gasteiger charge is 2.49. The van der Waals surface area contributed by atoms with Crippen molar-refractivity contribution in [1.29, 1.82) is 0 Å². The Balaban J connectivity index is 1.82. The van der Waals surface area contributed by atoms with Crippen molar-refractivity contribution in [1.82, 2.24) is 9.55 Å². The Morgan fingerprint density at radius 3 is 2.31 bits per heavy atom. The number of hydrogen-bond donors (Lipinski definition) is 0. The molecule has 1 aliphatic carbocycles. The second kappa shape index (κ2) is 5.57. The highest BCUT2D eigenvalue weighted by molar-refractivity contribution is 5.84. The lowest BCUT2D eigenvalue weighted by molar-refractivity contribution is 0.703. The molecule has 5 rings (SSSR count). The van der Waals surface area contributed by atoms with E-state index in [9.17, 15) is 0 Å². The standard InChI is InChI=1S/C24H22N2/c1-17-16-24(17,2)20-13-7-6-12-19(20)23-25-21-14-8-9-15-22(21)26(23)18-10-4-3-5-11-18/h3-15,17H,16H2,1-2H3/t17-,24?/m0/s1. The van der Waals surface area contributed by atoms with Crippen LogP contribution in [0.3, 0.4) is 0 Å². The van der Waals surface area contributed by atoms with Gasteiger partial charge in [-0.05, 0) is 47.6 Å². The Hall–Kier alpha value is -2.87. The van der Waals surface area contributed by atoms with E-state index in [2.05, 4.69) is 97.3 Å². The third kappa shape index (κ3) is 2.22. The molecule has 128 valence electrons. The zero-order valence-corrected chi connectivity index (χ0v) is 15.2. The third-order valence-electron chi connectivity index (χ3n) is 6.02. The van der Waals surface area contributed by atoms with Gasteiger partial charge in [-0.1, -0.05) is 68.4 Å². The summed E-state index contributed by atoms with van der Waals surface area (Å²) in [7, 11) is 0. The summed E-state index contributed by atoms with van der Waals surface area (Å²) in [5.74, 6) is 1.76. The molecule has 0 aliphatic heterocycles. The van der Waals surface area contributed by atoms with E-state index in [-0.39, 0.29) is 5.41 Å². The van der Waals surface area contributed by atoms with Crippen LogP contribution in [0.25, 0.3) is 28.1 Å². The van der Waals surface area contributed by atoms with Crippen molar-refractivity contribution in [2.45, 2.75) is 25.7 Å². The molecule has 2 nitrogen and oxygen atoms in total. The minimum Gasteiger partial charge on any atom is -0.292 e. The molecule has 1 heterocycles. The second-order valence-corrected chi connectivity index (χ2v) is 7.66. The average Bonchev–Trinajstić information content (AvgIpc) is 3.14. The minimum atomic E-state index is 0.260. The van der Waals surface area contributed by atoms with Crippen molar-refractivity contribution in [3.8, 4) is 17.1 Å². The van der Waals surface area contributed by atoms with Crippen molar-refractivity contribution in [3.05, 3.63) is 84.4 Å². The van der Waals surface area contributed by atoms with Gasteiger partial charge in [-0.3, -0.25) is 4.57 Å². The summed E-state index contributed by atoms with van der Waals surface area (Å²) in [6, 6.07) is 27.7. The van der Waals surface area contributed by atoms with Gasteiger partial charge in [-0.2, -0.15) is 0 Å². The molecule has 1 unspecified atom stereocenters. The largest absolute Gasteiger partial charge is 0.292 e. The average molecular weight is 338 g/mol. The summed E-state index contributed by atoms with van der Waals surface area (Å²) in [6.45, 7) is 4.73. The first-order valence-electron chi connectivity index (χ1n) is 9.31. The van der Waals surface area contributed by atoms with Gasteiger partial charge in [0.1, 0.15) is 5.82 Å². The number of para-hydroxylation sites is 3. The van der Waals surface area contributed by atoms with Gasteiger partial charge in [0.15, 0.2) is 0 Å². The fraction of sp³-hybridized carbons (Fsp3) is 0.208. The maximum absolute atomic E-state index is 5.05. The van der Waals surface area contributed by atoms with Crippen LogP contribution in [0.4, 0.5) is 0 Å². The van der Waals surface area contributed by atoms with E-state index in [1.54, 1.807) is 0 Å². The minimum absolute atomic E-state index is 0.260. The topological polar surface area (TPSA) is 17.8 Å². The zero-order valence-electron chi connectivity index (χ0n) is 15.2. The molecule has 2 heteroatoms. The molecule has 1 saturated carbocycles. The molecule has 1 fully saturated rings. The van der Waals surface area contributed by atoms with Crippen LogP contribution in [0, 0.1) is 5.92 Å². The van der Waals surface area contributed by atoms with Crippen LogP contribution in [0.5, 0.6) is 0 Å². The number of aromatic nitrogens is 2. The van der Waals surface area contributed by atoms with Crippen LogP contribution in [-0.4, -0.2) is 9.55 Å². The first-order chi connectivity index (χ1) is 12.7. The number of nitrogens with zero attached hydrogens (tertiary/aromatic N) is 2. The number of imidazole rings is 1. The summed E-state index contributed by atoms with van der Waals surface area (Å²) in [4.78, 5) is 5.05. The maximum atomic E-state index is 5.05. The van der Waals surface area contributed by atoms with Crippen molar-refractivity contribution in [3.63, 3.8) is 0 Å². The smallest absolute Gasteiger partial charge is 0.146 e. The van der Waals surface area contributed by atoms with E-state index >= 15 is 0 Å². The quantitative estimate of drug-likeness (QED) is 0.448. The Morgan fingerprint density at radius 1 is 0.885 bits per heavy atom. The highest BCUT2D eigenvalue weighted by Crippen LogP contribution is 2.55. The van der Waals surface area contributed by atoms with Crippen LogP contribution in [0.15, 0.2) is 78.9 Å². The monoisotopic (exact) mass is 338 g/mol. The number of benzene rings is 3. The molecule has 0 amide bonds. The lowest BCUT2D eigenvalue weighted by atomic mass is 9.91. The van der Waals surface area contributed by atoms with Gasteiger partial charge < -0.3 is 0 Å². The fourth-order valence-electron chi connectivity index (χ4n) is 4.17. The molecule has 0 spiro atoms. The van der Waals surface area contributed by atoms with Crippen molar-refractivity contribution >= 4 is 11.0 Å². The lowest BCUT2D eigenvalue weighted by Gasteiger charge is -2.17. The van der Waals surface area contributed by atoms with E-state index < -0.39 is 0 Å². The van der Waals surface area contributed by atoms with Crippen LogP contribution in [0.1, 0.15) is 25.8 Å². The fourth-order valence-corrected chi connectivity index (χ4v) is 4.17. The first-order valence-corrected chi connectivity index (χ1v) is 9.31. The maximum Gasteiger partial charge on any atom is 0.146 e. The SMILES string of the molecule is C[C@H]1CC1(C)c1ccccc1-c1nc2ccccc2n1-c1ccccc1. The van der Waals surface area contributed by atoms with E-state index in [1.165, 1.54) is 17.5 Å². The number of fused-ring (bicyclic) bond motifs is 1. The van der Waals surface area contributed by atoms with Crippen LogP contribution < -0.4 is 0 Å². The van der Waals surface area contributed by atoms with E-state index in [4.69, 9.17) is 4.98 Å². The van der Waals surface area contributed by atoms with Crippen LogP contribution >= 0.6 is 0 Å². The molecule has 3 aromatic carbocycles. The number of hydrogen-bond acceptors (Lipinski definition) is 1. The van der Waals surface area contributed by atoms with Crippen molar-refractivity contribution in [2.75, 3.05) is 0 Å². The molecule has 1 aliphatic rings. The molecule has 0 bridgehead atoms. The van der Waals surface area contributed by atoms with Gasteiger partial charge in [0.25, 0.3) is 0 Å². The van der Waals surface area contributed by atoms with Crippen LogP contribution in [-0.2, 0) is 5.41 Å². The van der Waals surface area contributed by atoms with E-state index in [0.717, 1.165) is 28.5 Å². The third-order valence-corrected chi connectivity index (χ3v) is 6.02. The zero-order chi connectivity index (χ0) is 17.7. The highest BCUT2D eigenvalue weighted by atomic mass is 15.1. The van der Waals surface area contributed by atoms with E-state index in [0.29, 0.717) is 0 Å². The van der Waals surface area contributed by atoms with Gasteiger partial charge in [0, 0.05) is 11.3 Å². The Morgan fingerprint density at radius 2 is 1.54 bits per heavy atom. The summed E-state index contributed by atoms with van der Waals surface area (Å²) in [5, 5.41) is 0. The first kappa shape index (κ1) is 15.4. The number of rotatable bonds is 3. The second-order valence-electron chi connectivity index (χ2n) is 7.66. The molecule has 0 radical (unpaired) electrons. The van der Waals surface area contributed by atoms with Gasteiger partial charge >= 0.3 is 0 Å². The lowest BCUT2D eigenvalue weighted by Crippen LogP contribution is -2.07. The normalized spacial score (nSPS) is 21.8. The van der Waals surface area contributed by atoms with Gasteiger partial charge in [0.05, 0.1) is 11.0 Å². The molecule has 4 aromatic rings. The molecular weight excluding hydrogens is 316 g/mol. The predicted octanol–water partition coefficient (Wildman–Crippen LogP) is 5.99. The Bertz CT molecular complexity index is 1090. The molecule has 26 heavy (non-hydrogen) atoms. The Kier molecular flexibility index (Phi) is 3.30. The van der Waals surface area contributed by atoms with Crippen molar-refractivity contribution < 1.29 is 0 Å². The summed E-state index contributed by atoms with van der Waals surface area (Å²) in [6.07, 6.45) is 1.25. The summed E-state index contributed by atoms with van der Waals surface area (Å²) >= 11 is 0.